The number of benzene rings is 3. The molecule has 4 aromatic rings. The minimum absolute atomic E-state index is 0.370. The van der Waals surface area contributed by atoms with Crippen molar-refractivity contribution in [2.75, 3.05) is 0 Å². The van der Waals surface area contributed by atoms with Gasteiger partial charge in [0.15, 0.2) is 0 Å². The van der Waals surface area contributed by atoms with Crippen LogP contribution >= 0.6 is 0 Å². The second-order valence-corrected chi connectivity index (χ2v) is 5.88. The van der Waals surface area contributed by atoms with Crippen molar-refractivity contribution in [1.29, 1.82) is 0 Å². The smallest absolute Gasteiger partial charge is 0.146 e. The lowest BCUT2D eigenvalue weighted by atomic mass is 10.0. The largest absolute Gasteiger partial charge is 0.486 e. The van der Waals surface area contributed by atoms with Crippen LogP contribution in [0.15, 0.2) is 78.9 Å². The summed E-state index contributed by atoms with van der Waals surface area (Å²) in [6, 6.07) is 25.0. The minimum Gasteiger partial charge on any atom is -0.486 e. The Kier molecular flexibility index (Phi) is 4.19. The van der Waals surface area contributed by atoms with Crippen molar-refractivity contribution in [3.63, 3.8) is 0 Å². The highest BCUT2D eigenvalue weighted by atomic mass is 16.5. The molecule has 2 N–H and O–H groups in total. The van der Waals surface area contributed by atoms with E-state index in [1.165, 1.54) is 0 Å². The van der Waals surface area contributed by atoms with Crippen molar-refractivity contribution in [1.82, 2.24) is 9.97 Å². The van der Waals surface area contributed by atoms with Gasteiger partial charge in [-0.3, -0.25) is 0 Å². The van der Waals surface area contributed by atoms with E-state index in [9.17, 15) is 5.11 Å². The summed E-state index contributed by atoms with van der Waals surface area (Å²) in [5.41, 5.74) is 3.45. The SMILES string of the molecule is OC(c1ccccc1)c1ccc2nc(COc3ccccc3)[nH]c2c1. The molecule has 0 spiro atoms. The molecule has 1 unspecified atom stereocenters. The van der Waals surface area contributed by atoms with Gasteiger partial charge in [0.25, 0.3) is 0 Å². The molecule has 0 aliphatic rings. The predicted molar refractivity (Wildman–Crippen MR) is 97.4 cm³/mol. The Morgan fingerprint density at radius 1 is 0.880 bits per heavy atom. The lowest BCUT2D eigenvalue weighted by Gasteiger charge is -2.11. The Morgan fingerprint density at radius 2 is 1.60 bits per heavy atom. The highest BCUT2D eigenvalue weighted by Gasteiger charge is 2.12. The van der Waals surface area contributed by atoms with Gasteiger partial charge in [-0.15, -0.1) is 0 Å². The second-order valence-electron chi connectivity index (χ2n) is 5.88. The Labute approximate surface area is 145 Å². The van der Waals surface area contributed by atoms with Crippen LogP contribution in [-0.2, 0) is 6.61 Å². The molecule has 0 saturated heterocycles. The van der Waals surface area contributed by atoms with Crippen molar-refractivity contribution < 1.29 is 9.84 Å². The van der Waals surface area contributed by atoms with Gasteiger partial charge in [-0.2, -0.15) is 0 Å². The van der Waals surface area contributed by atoms with E-state index >= 15 is 0 Å². The quantitative estimate of drug-likeness (QED) is 0.576. The third kappa shape index (κ3) is 3.39. The predicted octanol–water partition coefficient (Wildman–Crippen LogP) is 4.22. The molecule has 3 aromatic carbocycles. The van der Waals surface area contributed by atoms with Gasteiger partial charge in [-0.25, -0.2) is 4.98 Å². The molecule has 0 radical (unpaired) electrons. The molecule has 1 atom stereocenters. The van der Waals surface area contributed by atoms with E-state index in [-0.39, 0.29) is 0 Å². The fraction of sp³-hybridized carbons (Fsp3) is 0.0952. The van der Waals surface area contributed by atoms with Crippen molar-refractivity contribution in [2.24, 2.45) is 0 Å². The first-order chi connectivity index (χ1) is 12.3. The van der Waals surface area contributed by atoms with Crippen LogP contribution in [0.3, 0.4) is 0 Å². The summed E-state index contributed by atoms with van der Waals surface area (Å²) in [5.74, 6) is 1.56. The first-order valence-electron chi connectivity index (χ1n) is 8.19. The molecule has 124 valence electrons. The summed E-state index contributed by atoms with van der Waals surface area (Å²) < 4.78 is 5.73. The number of ether oxygens (including phenoxy) is 1. The highest BCUT2D eigenvalue weighted by Crippen LogP contribution is 2.24. The number of aliphatic hydroxyl groups excluding tert-OH is 1. The van der Waals surface area contributed by atoms with Crippen molar-refractivity contribution in [2.45, 2.75) is 12.7 Å². The van der Waals surface area contributed by atoms with E-state index in [1.807, 2.05) is 78.9 Å². The Bertz CT molecular complexity index is 965. The number of aromatic amines is 1. The third-order valence-electron chi connectivity index (χ3n) is 4.10. The van der Waals surface area contributed by atoms with Gasteiger partial charge >= 0.3 is 0 Å². The van der Waals surface area contributed by atoms with Crippen molar-refractivity contribution in [3.8, 4) is 5.75 Å². The van der Waals surface area contributed by atoms with E-state index in [2.05, 4.69) is 9.97 Å². The maximum atomic E-state index is 10.6. The van der Waals surface area contributed by atoms with Gasteiger partial charge in [0, 0.05) is 0 Å². The number of aliphatic hydroxyl groups is 1. The normalized spacial score (nSPS) is 12.2. The first kappa shape index (κ1) is 15.4. The Balaban J connectivity index is 1.55. The summed E-state index contributed by atoms with van der Waals surface area (Å²) in [6.45, 7) is 0.370. The molecule has 0 aliphatic carbocycles. The van der Waals surface area contributed by atoms with E-state index in [0.29, 0.717) is 6.61 Å². The molecule has 4 rings (SSSR count). The molecule has 0 saturated carbocycles. The molecule has 0 bridgehead atoms. The Hall–Kier alpha value is -3.11. The summed E-state index contributed by atoms with van der Waals surface area (Å²) in [6.07, 6.45) is -0.655. The first-order valence-corrected chi connectivity index (χ1v) is 8.19. The summed E-state index contributed by atoms with van der Waals surface area (Å²) in [4.78, 5) is 7.80. The Morgan fingerprint density at radius 3 is 2.36 bits per heavy atom. The van der Waals surface area contributed by atoms with Gasteiger partial charge < -0.3 is 14.8 Å². The van der Waals surface area contributed by atoms with Crippen LogP contribution in [0, 0.1) is 0 Å². The number of H-pyrrole nitrogens is 1. The van der Waals surface area contributed by atoms with Crippen LogP contribution in [0.2, 0.25) is 0 Å². The van der Waals surface area contributed by atoms with E-state index in [0.717, 1.165) is 33.7 Å². The summed E-state index contributed by atoms with van der Waals surface area (Å²) in [7, 11) is 0. The summed E-state index contributed by atoms with van der Waals surface area (Å²) in [5, 5.41) is 10.6. The fourth-order valence-corrected chi connectivity index (χ4v) is 2.81. The number of hydrogen-bond donors (Lipinski definition) is 2. The molecule has 0 fully saturated rings. The van der Waals surface area contributed by atoms with Gasteiger partial charge in [-0.1, -0.05) is 54.6 Å². The monoisotopic (exact) mass is 330 g/mol. The van der Waals surface area contributed by atoms with E-state index < -0.39 is 6.10 Å². The lowest BCUT2D eigenvalue weighted by molar-refractivity contribution is 0.220. The molecule has 0 aliphatic heterocycles. The van der Waals surface area contributed by atoms with Crippen LogP contribution in [-0.4, -0.2) is 15.1 Å². The zero-order chi connectivity index (χ0) is 17.1. The molecule has 1 aromatic heterocycles. The maximum Gasteiger partial charge on any atom is 0.146 e. The fourth-order valence-electron chi connectivity index (χ4n) is 2.81. The molecular formula is C21H18N2O2. The number of para-hydroxylation sites is 1. The average Bonchev–Trinajstić information content (AvgIpc) is 3.09. The molecule has 0 amide bonds. The van der Waals surface area contributed by atoms with Crippen LogP contribution < -0.4 is 4.74 Å². The number of rotatable bonds is 5. The molecule has 4 nitrogen and oxygen atoms in total. The van der Waals surface area contributed by atoms with E-state index in [4.69, 9.17) is 4.74 Å². The van der Waals surface area contributed by atoms with Gasteiger partial charge in [-0.05, 0) is 35.4 Å². The van der Waals surface area contributed by atoms with Crippen molar-refractivity contribution in [3.05, 3.63) is 95.8 Å². The van der Waals surface area contributed by atoms with Crippen LogP contribution in [0.25, 0.3) is 11.0 Å². The van der Waals surface area contributed by atoms with Gasteiger partial charge in [0.1, 0.15) is 24.3 Å². The van der Waals surface area contributed by atoms with E-state index in [1.54, 1.807) is 0 Å². The molecule has 25 heavy (non-hydrogen) atoms. The standard InChI is InChI=1S/C21H18N2O2/c24-21(15-7-3-1-4-8-15)16-11-12-18-19(13-16)23-20(22-18)14-25-17-9-5-2-6-10-17/h1-13,21,24H,14H2,(H,22,23). The van der Waals surface area contributed by atoms with Gasteiger partial charge in [0.05, 0.1) is 11.0 Å². The number of nitrogens with zero attached hydrogens (tertiary/aromatic N) is 1. The number of aromatic nitrogens is 2. The maximum absolute atomic E-state index is 10.6. The number of imidazole rings is 1. The van der Waals surface area contributed by atoms with Crippen LogP contribution in [0.5, 0.6) is 5.75 Å². The number of hydrogen-bond acceptors (Lipinski definition) is 3. The zero-order valence-corrected chi connectivity index (χ0v) is 13.6. The second kappa shape index (κ2) is 6.79. The van der Waals surface area contributed by atoms with Crippen LogP contribution in [0.4, 0.5) is 0 Å². The number of fused-ring (bicyclic) bond motifs is 1. The zero-order valence-electron chi connectivity index (χ0n) is 13.6. The summed E-state index contributed by atoms with van der Waals surface area (Å²) >= 11 is 0. The average molecular weight is 330 g/mol. The van der Waals surface area contributed by atoms with Gasteiger partial charge in [0.2, 0.25) is 0 Å². The van der Waals surface area contributed by atoms with Crippen LogP contribution in [0.1, 0.15) is 23.1 Å². The van der Waals surface area contributed by atoms with Crippen molar-refractivity contribution >= 4 is 11.0 Å². The highest BCUT2D eigenvalue weighted by molar-refractivity contribution is 5.76. The lowest BCUT2D eigenvalue weighted by Crippen LogP contribution is -1.99. The molecular weight excluding hydrogens is 312 g/mol. The molecule has 1 heterocycles. The topological polar surface area (TPSA) is 58.1 Å². The molecule has 4 heteroatoms. The third-order valence-corrected chi connectivity index (χ3v) is 4.10. The minimum atomic E-state index is -0.655. The number of nitrogens with one attached hydrogen (secondary N) is 1.